The topological polar surface area (TPSA) is 41.6 Å². The van der Waals surface area contributed by atoms with Crippen LogP contribution in [0.2, 0.25) is 0 Å². The van der Waals surface area contributed by atoms with Crippen molar-refractivity contribution < 1.29 is 9.53 Å². The van der Waals surface area contributed by atoms with Gasteiger partial charge in [-0.1, -0.05) is 0 Å². The van der Waals surface area contributed by atoms with E-state index in [0.717, 1.165) is 36.5 Å². The summed E-state index contributed by atoms with van der Waals surface area (Å²) in [6.07, 6.45) is 1.71. The fraction of sp³-hybridized carbons (Fsp3) is 0.533. The summed E-state index contributed by atoms with van der Waals surface area (Å²) in [5.41, 5.74) is 2.09. The number of piperidine rings is 1. The van der Waals surface area contributed by atoms with Gasteiger partial charge in [0.2, 0.25) is 5.91 Å². The molecule has 19 heavy (non-hydrogen) atoms. The van der Waals surface area contributed by atoms with Crippen LogP contribution in [0, 0.1) is 12.8 Å². The number of anilines is 1. The van der Waals surface area contributed by atoms with Crippen LogP contribution in [0.3, 0.4) is 0 Å². The highest BCUT2D eigenvalue weighted by Crippen LogP contribution is 2.35. The second-order valence-corrected chi connectivity index (χ2v) is 5.44. The van der Waals surface area contributed by atoms with Crippen LogP contribution in [-0.2, 0) is 4.79 Å². The van der Waals surface area contributed by atoms with E-state index in [4.69, 9.17) is 4.74 Å². The van der Waals surface area contributed by atoms with Crippen molar-refractivity contribution >= 4 is 11.6 Å². The number of benzene rings is 1. The minimum atomic E-state index is 0.253. The smallest absolute Gasteiger partial charge is 0.227 e. The number of ether oxygens (including phenoxy) is 1. The average molecular weight is 260 g/mol. The number of carbonyl (C=O) groups excluding carboxylic acids is 1. The third-order valence-electron chi connectivity index (χ3n) is 4.26. The van der Waals surface area contributed by atoms with Crippen LogP contribution in [0.15, 0.2) is 18.2 Å². The zero-order valence-corrected chi connectivity index (χ0v) is 11.5. The van der Waals surface area contributed by atoms with E-state index in [1.54, 1.807) is 7.11 Å². The number of hydrogen-bond acceptors (Lipinski definition) is 3. The largest absolute Gasteiger partial charge is 0.496 e. The third-order valence-corrected chi connectivity index (χ3v) is 4.26. The maximum Gasteiger partial charge on any atom is 0.227 e. The Morgan fingerprint density at radius 1 is 1.42 bits per heavy atom. The normalized spacial score (nSPS) is 26.4. The highest BCUT2D eigenvalue weighted by atomic mass is 16.5. The summed E-state index contributed by atoms with van der Waals surface area (Å²) >= 11 is 0. The summed E-state index contributed by atoms with van der Waals surface area (Å²) in [6.45, 7) is 3.98. The lowest BCUT2D eigenvalue weighted by Crippen LogP contribution is -2.44. The second-order valence-electron chi connectivity index (χ2n) is 5.44. The van der Waals surface area contributed by atoms with Crippen molar-refractivity contribution in [3.63, 3.8) is 0 Å². The van der Waals surface area contributed by atoms with Gasteiger partial charge in [-0.2, -0.15) is 0 Å². The highest BCUT2D eigenvalue weighted by molar-refractivity contribution is 5.96. The lowest BCUT2D eigenvalue weighted by atomic mass is 9.94. The molecule has 2 unspecified atom stereocenters. The molecule has 4 nitrogen and oxygen atoms in total. The molecular weight excluding hydrogens is 240 g/mol. The van der Waals surface area contributed by atoms with Gasteiger partial charge in [-0.05, 0) is 43.7 Å². The van der Waals surface area contributed by atoms with Crippen molar-refractivity contribution in [3.8, 4) is 5.75 Å². The van der Waals surface area contributed by atoms with Crippen LogP contribution in [0.5, 0.6) is 5.75 Å². The number of rotatable bonds is 2. The summed E-state index contributed by atoms with van der Waals surface area (Å²) < 4.78 is 5.28. The Morgan fingerprint density at radius 3 is 3.00 bits per heavy atom. The first kappa shape index (κ1) is 12.5. The van der Waals surface area contributed by atoms with E-state index >= 15 is 0 Å². The Hall–Kier alpha value is -1.55. The Bertz CT molecular complexity index is 501. The van der Waals surface area contributed by atoms with Crippen molar-refractivity contribution in [1.29, 1.82) is 0 Å². The fourth-order valence-corrected chi connectivity index (χ4v) is 3.31. The molecule has 0 spiro atoms. The van der Waals surface area contributed by atoms with Gasteiger partial charge < -0.3 is 15.0 Å². The number of methoxy groups -OCH3 is 1. The first-order valence-electron chi connectivity index (χ1n) is 6.88. The Morgan fingerprint density at radius 2 is 2.26 bits per heavy atom. The number of nitrogens with one attached hydrogen (secondary N) is 1. The maximum absolute atomic E-state index is 12.3. The number of nitrogens with zero attached hydrogens (tertiary/aromatic N) is 1. The molecular formula is C15H20N2O2. The number of fused-ring (bicyclic) bond motifs is 1. The molecule has 2 atom stereocenters. The summed E-state index contributed by atoms with van der Waals surface area (Å²) in [6, 6.07) is 6.36. The van der Waals surface area contributed by atoms with Crippen LogP contribution in [0.1, 0.15) is 18.4 Å². The number of amides is 1. The van der Waals surface area contributed by atoms with E-state index in [0.29, 0.717) is 18.4 Å². The molecule has 102 valence electrons. The van der Waals surface area contributed by atoms with Gasteiger partial charge in [0.05, 0.1) is 7.11 Å². The minimum absolute atomic E-state index is 0.253. The SMILES string of the molecule is COc1ccc(N2C(=O)CC3CNCCC32)cc1C. The predicted octanol–water partition coefficient (Wildman–Crippen LogP) is 1.72. The van der Waals surface area contributed by atoms with E-state index in [1.807, 2.05) is 24.0 Å². The lowest BCUT2D eigenvalue weighted by Gasteiger charge is -2.32. The van der Waals surface area contributed by atoms with E-state index < -0.39 is 0 Å². The van der Waals surface area contributed by atoms with Gasteiger partial charge in [0, 0.05) is 30.6 Å². The number of carbonyl (C=O) groups is 1. The fourth-order valence-electron chi connectivity index (χ4n) is 3.31. The number of hydrogen-bond donors (Lipinski definition) is 1. The molecule has 2 aliphatic rings. The van der Waals surface area contributed by atoms with E-state index in [9.17, 15) is 4.79 Å². The molecule has 0 bridgehead atoms. The maximum atomic E-state index is 12.3. The van der Waals surface area contributed by atoms with Gasteiger partial charge in [-0.15, -0.1) is 0 Å². The standard InChI is InChI=1S/C15H20N2O2/c1-10-7-12(3-4-14(10)19-2)17-13-5-6-16-9-11(13)8-15(17)18/h3-4,7,11,13,16H,5-6,8-9H2,1-2H3. The Balaban J connectivity index is 1.92. The van der Waals surface area contributed by atoms with Gasteiger partial charge >= 0.3 is 0 Å². The van der Waals surface area contributed by atoms with Gasteiger partial charge in [-0.3, -0.25) is 4.79 Å². The van der Waals surface area contributed by atoms with Gasteiger partial charge in [-0.25, -0.2) is 0 Å². The summed E-state index contributed by atoms with van der Waals surface area (Å²) in [4.78, 5) is 14.3. The summed E-state index contributed by atoms with van der Waals surface area (Å²) in [5.74, 6) is 1.59. The third kappa shape index (κ3) is 2.10. The summed E-state index contributed by atoms with van der Waals surface area (Å²) in [5, 5.41) is 3.38. The molecule has 2 saturated heterocycles. The van der Waals surface area contributed by atoms with Crippen LogP contribution >= 0.6 is 0 Å². The van der Waals surface area contributed by atoms with E-state index in [2.05, 4.69) is 11.4 Å². The Labute approximate surface area is 113 Å². The molecule has 1 amide bonds. The number of aryl methyl sites for hydroxylation is 1. The van der Waals surface area contributed by atoms with Gasteiger partial charge in [0.25, 0.3) is 0 Å². The van der Waals surface area contributed by atoms with E-state index in [-0.39, 0.29) is 5.91 Å². The zero-order valence-electron chi connectivity index (χ0n) is 11.5. The van der Waals surface area contributed by atoms with Crippen LogP contribution in [0.25, 0.3) is 0 Å². The minimum Gasteiger partial charge on any atom is -0.496 e. The quantitative estimate of drug-likeness (QED) is 0.880. The molecule has 1 aromatic rings. The molecule has 1 aromatic carbocycles. The van der Waals surface area contributed by atoms with Crippen molar-refractivity contribution in [1.82, 2.24) is 5.32 Å². The van der Waals surface area contributed by atoms with Crippen molar-refractivity contribution in [2.75, 3.05) is 25.1 Å². The first-order valence-corrected chi connectivity index (χ1v) is 6.88. The van der Waals surface area contributed by atoms with Crippen LogP contribution < -0.4 is 15.0 Å². The molecule has 0 aliphatic carbocycles. The lowest BCUT2D eigenvalue weighted by molar-refractivity contribution is -0.117. The average Bonchev–Trinajstić information content (AvgIpc) is 2.74. The first-order chi connectivity index (χ1) is 9.20. The van der Waals surface area contributed by atoms with Crippen molar-refractivity contribution in [2.24, 2.45) is 5.92 Å². The van der Waals surface area contributed by atoms with Gasteiger partial charge in [0.1, 0.15) is 5.75 Å². The molecule has 4 heteroatoms. The second kappa shape index (κ2) is 4.85. The molecule has 0 saturated carbocycles. The summed E-state index contributed by atoms with van der Waals surface area (Å²) in [7, 11) is 1.67. The molecule has 0 radical (unpaired) electrons. The molecule has 2 heterocycles. The monoisotopic (exact) mass is 260 g/mol. The van der Waals surface area contributed by atoms with Crippen LogP contribution in [0.4, 0.5) is 5.69 Å². The Kier molecular flexibility index (Phi) is 3.19. The molecule has 2 aliphatic heterocycles. The van der Waals surface area contributed by atoms with Crippen LogP contribution in [-0.4, -0.2) is 32.1 Å². The molecule has 3 rings (SSSR count). The molecule has 1 N–H and O–H groups in total. The highest BCUT2D eigenvalue weighted by Gasteiger charge is 2.41. The zero-order chi connectivity index (χ0) is 13.4. The molecule has 0 aromatic heterocycles. The van der Waals surface area contributed by atoms with Crippen molar-refractivity contribution in [2.45, 2.75) is 25.8 Å². The molecule has 2 fully saturated rings. The van der Waals surface area contributed by atoms with E-state index in [1.165, 1.54) is 0 Å². The van der Waals surface area contributed by atoms with Crippen molar-refractivity contribution in [3.05, 3.63) is 23.8 Å². The van der Waals surface area contributed by atoms with Gasteiger partial charge in [0.15, 0.2) is 0 Å². The predicted molar refractivity (Wildman–Crippen MR) is 74.6 cm³/mol.